The molecule has 2 saturated heterocycles. The van der Waals surface area contributed by atoms with Gasteiger partial charge >= 0.3 is 0 Å². The van der Waals surface area contributed by atoms with Crippen molar-refractivity contribution < 1.29 is 4.79 Å². The van der Waals surface area contributed by atoms with E-state index in [2.05, 4.69) is 15.1 Å². The number of nitrogens with zero attached hydrogens (tertiary/aromatic N) is 3. The van der Waals surface area contributed by atoms with Gasteiger partial charge in [-0.05, 0) is 31.1 Å². The van der Waals surface area contributed by atoms with Crippen molar-refractivity contribution in [2.24, 2.45) is 11.8 Å². The van der Waals surface area contributed by atoms with E-state index in [0.717, 1.165) is 63.7 Å². The largest absolute Gasteiger partial charge is 0.340 e. The van der Waals surface area contributed by atoms with E-state index >= 15 is 0 Å². The average molecular weight is 393 g/mol. The standard InChI is InChI=1S/C18H32N4O.2ClH/c23-18(22-7-4-19-5-8-22)3-6-20-9-11-21(12-10-20)17-14-15-1-2-16(17)13-15;;/h15-17,19H,1-14H2;2*1H. The summed E-state index contributed by atoms with van der Waals surface area (Å²) in [5, 5.41) is 3.31. The Morgan fingerprint density at radius 3 is 2.24 bits per heavy atom. The smallest absolute Gasteiger partial charge is 0.223 e. The predicted octanol–water partition coefficient (Wildman–Crippen LogP) is 1.46. The van der Waals surface area contributed by atoms with Crippen LogP contribution in [0.4, 0.5) is 0 Å². The van der Waals surface area contributed by atoms with Gasteiger partial charge in [-0.15, -0.1) is 24.8 Å². The molecule has 2 saturated carbocycles. The van der Waals surface area contributed by atoms with Crippen LogP contribution in [0.25, 0.3) is 0 Å². The highest BCUT2D eigenvalue weighted by Gasteiger charge is 2.42. The van der Waals surface area contributed by atoms with Crippen molar-refractivity contribution >= 4 is 30.7 Å². The highest BCUT2D eigenvalue weighted by molar-refractivity contribution is 5.85. The molecule has 5 nitrogen and oxygen atoms in total. The molecule has 25 heavy (non-hydrogen) atoms. The molecule has 2 aliphatic heterocycles. The van der Waals surface area contributed by atoms with Crippen LogP contribution in [0.1, 0.15) is 32.1 Å². The highest BCUT2D eigenvalue weighted by Crippen LogP contribution is 2.46. The first-order valence-electron chi connectivity index (χ1n) is 9.74. The summed E-state index contributed by atoms with van der Waals surface area (Å²) >= 11 is 0. The van der Waals surface area contributed by atoms with Gasteiger partial charge in [-0.1, -0.05) is 6.42 Å². The van der Waals surface area contributed by atoms with Gasteiger partial charge in [-0.25, -0.2) is 0 Å². The Hall–Kier alpha value is -0.0700. The van der Waals surface area contributed by atoms with Crippen molar-refractivity contribution in [1.82, 2.24) is 20.0 Å². The van der Waals surface area contributed by atoms with Crippen molar-refractivity contribution in [2.75, 3.05) is 58.9 Å². The van der Waals surface area contributed by atoms with Crippen LogP contribution in [0.5, 0.6) is 0 Å². The summed E-state index contributed by atoms with van der Waals surface area (Å²) < 4.78 is 0. The van der Waals surface area contributed by atoms with Crippen molar-refractivity contribution in [1.29, 1.82) is 0 Å². The van der Waals surface area contributed by atoms with E-state index < -0.39 is 0 Å². The maximum Gasteiger partial charge on any atom is 0.223 e. The summed E-state index contributed by atoms with van der Waals surface area (Å²) in [5.74, 6) is 2.39. The molecule has 3 atom stereocenters. The second kappa shape index (κ2) is 9.75. The molecule has 0 aromatic carbocycles. The molecule has 146 valence electrons. The third-order valence-electron chi connectivity index (χ3n) is 6.69. The lowest BCUT2D eigenvalue weighted by Crippen LogP contribution is -2.52. The fraction of sp³-hybridized carbons (Fsp3) is 0.944. The summed E-state index contributed by atoms with van der Waals surface area (Å²) in [6, 6.07) is 0.887. The van der Waals surface area contributed by atoms with E-state index in [1.54, 1.807) is 0 Å². The highest BCUT2D eigenvalue weighted by atomic mass is 35.5. The van der Waals surface area contributed by atoms with Gasteiger partial charge in [0, 0.05) is 71.4 Å². The van der Waals surface area contributed by atoms with Crippen molar-refractivity contribution in [3.8, 4) is 0 Å². The van der Waals surface area contributed by atoms with Crippen molar-refractivity contribution in [2.45, 2.75) is 38.1 Å². The number of hydrogen-bond donors (Lipinski definition) is 1. The molecular formula is C18H34Cl2N4O. The van der Waals surface area contributed by atoms with Crippen molar-refractivity contribution in [3.05, 3.63) is 0 Å². The Morgan fingerprint density at radius 1 is 0.920 bits per heavy atom. The first-order valence-corrected chi connectivity index (χ1v) is 9.74. The zero-order chi connectivity index (χ0) is 15.6. The zero-order valence-corrected chi connectivity index (χ0v) is 16.8. The van der Waals surface area contributed by atoms with Gasteiger partial charge in [0.15, 0.2) is 0 Å². The summed E-state index contributed by atoms with van der Waals surface area (Å²) in [6.07, 6.45) is 6.65. The number of carbonyl (C=O) groups is 1. The molecule has 1 N–H and O–H groups in total. The molecule has 3 unspecified atom stereocenters. The first-order chi connectivity index (χ1) is 11.3. The van der Waals surface area contributed by atoms with E-state index in [1.807, 2.05) is 4.90 Å². The van der Waals surface area contributed by atoms with E-state index in [4.69, 9.17) is 0 Å². The van der Waals surface area contributed by atoms with Crippen LogP contribution in [0, 0.1) is 11.8 Å². The van der Waals surface area contributed by atoms with Crippen LogP contribution in [-0.4, -0.2) is 85.6 Å². The summed E-state index contributed by atoms with van der Waals surface area (Å²) in [7, 11) is 0. The van der Waals surface area contributed by atoms with Gasteiger partial charge in [0.25, 0.3) is 0 Å². The Balaban J connectivity index is 0.00000113. The zero-order valence-electron chi connectivity index (χ0n) is 15.2. The molecule has 0 radical (unpaired) electrons. The Kier molecular flexibility index (Phi) is 8.28. The molecule has 2 heterocycles. The van der Waals surface area contributed by atoms with Gasteiger partial charge in [0.1, 0.15) is 0 Å². The Morgan fingerprint density at radius 2 is 1.64 bits per heavy atom. The van der Waals surface area contributed by atoms with Crippen LogP contribution in [0.2, 0.25) is 0 Å². The maximum atomic E-state index is 12.3. The van der Waals surface area contributed by atoms with E-state index in [9.17, 15) is 4.79 Å². The maximum absolute atomic E-state index is 12.3. The third-order valence-corrected chi connectivity index (χ3v) is 6.69. The minimum absolute atomic E-state index is 0. The minimum Gasteiger partial charge on any atom is -0.340 e. The van der Waals surface area contributed by atoms with Gasteiger partial charge < -0.3 is 15.1 Å². The summed E-state index contributed by atoms with van der Waals surface area (Å²) in [5.41, 5.74) is 0. The SMILES string of the molecule is Cl.Cl.O=C(CCN1CCN(C2CC3CCC2C3)CC1)N1CCNCC1. The van der Waals surface area contributed by atoms with Crippen LogP contribution in [0.15, 0.2) is 0 Å². The molecule has 4 fully saturated rings. The predicted molar refractivity (Wildman–Crippen MR) is 106 cm³/mol. The third kappa shape index (κ3) is 5.01. The number of halogens is 2. The fourth-order valence-electron chi connectivity index (χ4n) is 5.30. The van der Waals surface area contributed by atoms with Crippen molar-refractivity contribution in [3.63, 3.8) is 0 Å². The Bertz CT molecular complexity index is 425. The van der Waals surface area contributed by atoms with Crippen LogP contribution in [0.3, 0.4) is 0 Å². The monoisotopic (exact) mass is 392 g/mol. The van der Waals surface area contributed by atoms with E-state index in [0.29, 0.717) is 12.3 Å². The number of hydrogen-bond acceptors (Lipinski definition) is 4. The number of amides is 1. The average Bonchev–Trinajstić information content (AvgIpc) is 3.24. The number of piperazine rings is 2. The normalized spacial score (nSPS) is 33.0. The number of nitrogens with one attached hydrogen (secondary N) is 1. The van der Waals surface area contributed by atoms with Crippen LogP contribution < -0.4 is 5.32 Å². The second-order valence-electron chi connectivity index (χ2n) is 8.00. The minimum atomic E-state index is 0. The number of rotatable bonds is 4. The molecule has 1 amide bonds. The molecule has 7 heteroatoms. The summed E-state index contributed by atoms with van der Waals surface area (Å²) in [4.78, 5) is 19.6. The fourth-order valence-corrected chi connectivity index (χ4v) is 5.30. The van der Waals surface area contributed by atoms with Gasteiger partial charge in [-0.2, -0.15) is 0 Å². The molecule has 2 aliphatic carbocycles. The lowest BCUT2D eigenvalue weighted by Gasteiger charge is -2.41. The van der Waals surface area contributed by atoms with Gasteiger partial charge in [0.05, 0.1) is 0 Å². The topological polar surface area (TPSA) is 38.8 Å². The van der Waals surface area contributed by atoms with E-state index in [1.165, 1.54) is 38.8 Å². The quantitative estimate of drug-likeness (QED) is 0.785. The van der Waals surface area contributed by atoms with Crippen LogP contribution >= 0.6 is 24.8 Å². The molecule has 4 aliphatic rings. The first kappa shape index (κ1) is 21.2. The lowest BCUT2D eigenvalue weighted by molar-refractivity contribution is -0.132. The lowest BCUT2D eigenvalue weighted by atomic mass is 9.93. The molecule has 0 aromatic heterocycles. The molecule has 0 aromatic rings. The van der Waals surface area contributed by atoms with E-state index in [-0.39, 0.29) is 24.8 Å². The molecule has 4 rings (SSSR count). The second-order valence-corrected chi connectivity index (χ2v) is 8.00. The Labute approximate surface area is 164 Å². The number of fused-ring (bicyclic) bond motifs is 2. The number of carbonyl (C=O) groups excluding carboxylic acids is 1. The molecular weight excluding hydrogens is 359 g/mol. The summed E-state index contributed by atoms with van der Waals surface area (Å²) in [6.45, 7) is 9.37. The molecule has 0 spiro atoms. The van der Waals surface area contributed by atoms with Crippen LogP contribution in [-0.2, 0) is 4.79 Å². The molecule has 2 bridgehead atoms. The van der Waals surface area contributed by atoms with Gasteiger partial charge in [-0.3, -0.25) is 9.69 Å². The van der Waals surface area contributed by atoms with Gasteiger partial charge in [0.2, 0.25) is 5.91 Å².